The van der Waals surface area contributed by atoms with E-state index in [2.05, 4.69) is 0 Å². The van der Waals surface area contributed by atoms with Gasteiger partial charge in [0, 0.05) is 12.1 Å². The van der Waals surface area contributed by atoms with E-state index in [0.29, 0.717) is 12.0 Å². The molecule has 28 heavy (non-hydrogen) atoms. The summed E-state index contributed by atoms with van der Waals surface area (Å²) >= 11 is 1.14. The van der Waals surface area contributed by atoms with Crippen LogP contribution in [0.5, 0.6) is 0 Å². The second-order valence-corrected chi connectivity index (χ2v) is 7.26. The lowest BCUT2D eigenvalue weighted by Crippen LogP contribution is -2.57. The molecule has 0 radical (unpaired) electrons. The second-order valence-electron chi connectivity index (χ2n) is 6.13. The number of amides is 1. The third-order valence-corrected chi connectivity index (χ3v) is 5.84. The van der Waals surface area contributed by atoms with E-state index in [4.69, 9.17) is 9.47 Å². The first kappa shape index (κ1) is 19.9. The van der Waals surface area contributed by atoms with E-state index in [1.165, 1.54) is 29.2 Å². The third-order valence-electron chi connectivity index (χ3n) is 4.46. The average molecular weight is 406 g/mol. The van der Waals surface area contributed by atoms with Crippen molar-refractivity contribution >= 4 is 35.3 Å². The lowest BCUT2D eigenvalue weighted by Gasteiger charge is -2.42. The van der Waals surface area contributed by atoms with Crippen LogP contribution in [0.2, 0.25) is 0 Å². The van der Waals surface area contributed by atoms with Crippen LogP contribution < -0.4 is 0 Å². The summed E-state index contributed by atoms with van der Waals surface area (Å²) in [4.78, 5) is 48.8. The molecule has 3 rings (SSSR count). The van der Waals surface area contributed by atoms with Crippen molar-refractivity contribution in [2.24, 2.45) is 5.92 Å². The van der Waals surface area contributed by atoms with Crippen molar-refractivity contribution in [3.8, 4) is 0 Å². The summed E-state index contributed by atoms with van der Waals surface area (Å²) in [6.07, 6.45) is 0.605. The number of nitro groups is 1. The van der Waals surface area contributed by atoms with Gasteiger partial charge in [0.25, 0.3) is 5.69 Å². The Labute approximate surface area is 164 Å². The number of esters is 2. The van der Waals surface area contributed by atoms with Crippen LogP contribution in [0.15, 0.2) is 34.9 Å². The van der Waals surface area contributed by atoms with Crippen LogP contribution in [0, 0.1) is 16.0 Å². The summed E-state index contributed by atoms with van der Waals surface area (Å²) in [5.41, 5.74) is 0.375. The highest BCUT2D eigenvalue weighted by atomic mass is 32.2. The molecule has 2 heterocycles. The number of ether oxygens (including phenoxy) is 2. The molecule has 9 nitrogen and oxygen atoms in total. The van der Waals surface area contributed by atoms with Gasteiger partial charge >= 0.3 is 11.9 Å². The Hall–Kier alpha value is -2.88. The number of rotatable bonds is 7. The maximum absolute atomic E-state index is 12.6. The first-order valence-corrected chi connectivity index (χ1v) is 9.58. The van der Waals surface area contributed by atoms with Crippen molar-refractivity contribution < 1.29 is 28.8 Å². The third kappa shape index (κ3) is 3.47. The number of non-ortho nitro benzene ring substituents is 1. The van der Waals surface area contributed by atoms with Gasteiger partial charge in [0.05, 0.1) is 22.8 Å². The molecule has 0 bridgehead atoms. The SMILES string of the molecule is CCOC(=O)C1=C(C(=O)OCc2ccc([N+](=O)[O-])cc2)N2C(=O)[C@H](CC)[C@H]2S1. The second kappa shape index (κ2) is 8.01. The smallest absolute Gasteiger partial charge is 0.356 e. The Balaban J connectivity index is 1.76. The molecule has 1 saturated heterocycles. The Bertz CT molecular complexity index is 865. The molecule has 2 aliphatic rings. The highest BCUT2D eigenvalue weighted by molar-refractivity contribution is 8.05. The maximum atomic E-state index is 12.6. The predicted octanol–water partition coefficient (Wildman–Crippen LogP) is 2.35. The minimum atomic E-state index is -0.806. The molecule has 0 aromatic heterocycles. The number of carbonyl (C=O) groups excluding carboxylic acids is 3. The number of carbonyl (C=O) groups is 3. The Kier molecular flexibility index (Phi) is 5.68. The predicted molar refractivity (Wildman–Crippen MR) is 98.6 cm³/mol. The van der Waals surface area contributed by atoms with E-state index in [0.717, 1.165) is 11.8 Å². The van der Waals surface area contributed by atoms with Gasteiger partial charge in [0.1, 0.15) is 11.5 Å². The molecule has 0 spiro atoms. The molecule has 1 amide bonds. The summed E-state index contributed by atoms with van der Waals surface area (Å²) in [6.45, 7) is 3.52. The molecule has 1 fully saturated rings. The molecule has 0 unspecified atom stereocenters. The van der Waals surface area contributed by atoms with E-state index >= 15 is 0 Å². The van der Waals surface area contributed by atoms with E-state index in [1.54, 1.807) is 6.92 Å². The molecular weight excluding hydrogens is 388 g/mol. The zero-order valence-electron chi connectivity index (χ0n) is 15.2. The Morgan fingerprint density at radius 1 is 1.18 bits per heavy atom. The normalized spacial score (nSPS) is 20.5. The van der Waals surface area contributed by atoms with Crippen LogP contribution in [-0.4, -0.2) is 39.6 Å². The molecule has 1 aromatic carbocycles. The minimum absolute atomic E-state index is 0.0739. The van der Waals surface area contributed by atoms with Gasteiger partial charge in [-0.05, 0) is 31.0 Å². The van der Waals surface area contributed by atoms with Crippen LogP contribution in [0.3, 0.4) is 0 Å². The van der Waals surface area contributed by atoms with Crippen molar-refractivity contribution in [3.05, 3.63) is 50.5 Å². The van der Waals surface area contributed by atoms with Crippen molar-refractivity contribution in [1.29, 1.82) is 0 Å². The van der Waals surface area contributed by atoms with Crippen molar-refractivity contribution in [1.82, 2.24) is 4.90 Å². The molecule has 10 heteroatoms. The summed E-state index contributed by atoms with van der Waals surface area (Å²) in [7, 11) is 0. The number of benzene rings is 1. The van der Waals surface area contributed by atoms with Gasteiger partial charge < -0.3 is 9.47 Å². The van der Waals surface area contributed by atoms with Gasteiger partial charge in [-0.2, -0.15) is 0 Å². The maximum Gasteiger partial charge on any atom is 0.356 e. The van der Waals surface area contributed by atoms with E-state index in [9.17, 15) is 24.5 Å². The van der Waals surface area contributed by atoms with E-state index < -0.39 is 16.9 Å². The topological polar surface area (TPSA) is 116 Å². The first-order chi connectivity index (χ1) is 13.4. The van der Waals surface area contributed by atoms with Crippen molar-refractivity contribution in [2.75, 3.05) is 6.61 Å². The number of fused-ring (bicyclic) bond motifs is 1. The van der Waals surface area contributed by atoms with Crippen molar-refractivity contribution in [2.45, 2.75) is 32.2 Å². The summed E-state index contributed by atoms with van der Waals surface area (Å²) in [5, 5.41) is 10.4. The first-order valence-electron chi connectivity index (χ1n) is 8.70. The van der Waals surface area contributed by atoms with Gasteiger partial charge in [0.15, 0.2) is 5.70 Å². The molecule has 1 aromatic rings. The number of nitrogens with zero attached hydrogens (tertiary/aromatic N) is 2. The molecule has 0 aliphatic carbocycles. The van der Waals surface area contributed by atoms with Crippen LogP contribution >= 0.6 is 11.8 Å². The van der Waals surface area contributed by atoms with Gasteiger partial charge in [-0.25, -0.2) is 9.59 Å². The fourth-order valence-corrected chi connectivity index (χ4v) is 4.50. The van der Waals surface area contributed by atoms with Crippen LogP contribution in [0.4, 0.5) is 5.69 Å². The lowest BCUT2D eigenvalue weighted by atomic mass is 9.94. The van der Waals surface area contributed by atoms with Crippen LogP contribution in [0.1, 0.15) is 25.8 Å². The van der Waals surface area contributed by atoms with Crippen LogP contribution in [-0.2, 0) is 30.5 Å². The number of thioether (sulfide) groups is 1. The average Bonchev–Trinajstić information content (AvgIpc) is 3.03. The van der Waals surface area contributed by atoms with Gasteiger partial charge in [0.2, 0.25) is 5.91 Å². The van der Waals surface area contributed by atoms with E-state index in [1.807, 2.05) is 6.92 Å². The molecule has 0 N–H and O–H groups in total. The highest BCUT2D eigenvalue weighted by Gasteiger charge is 2.56. The number of nitro benzene ring substituents is 1. The molecule has 2 aliphatic heterocycles. The summed E-state index contributed by atoms with van der Waals surface area (Å²) in [6, 6.07) is 5.55. The summed E-state index contributed by atoms with van der Waals surface area (Å²) in [5.74, 6) is -1.94. The monoisotopic (exact) mass is 406 g/mol. The standard InChI is InChI=1S/C18H18N2O7S/c1-3-12-15(21)19-13(14(28-16(12)19)18(23)26-4-2)17(22)27-9-10-5-7-11(8-6-10)20(24)25/h5-8,12,16H,3-4,9H2,1-2H3/t12-,16+/m0/s1. The molecule has 0 saturated carbocycles. The fourth-order valence-electron chi connectivity index (χ4n) is 3.02. The zero-order valence-corrected chi connectivity index (χ0v) is 16.1. The van der Waals surface area contributed by atoms with Gasteiger partial charge in [-0.15, -0.1) is 0 Å². The fraction of sp³-hybridized carbons (Fsp3) is 0.389. The Morgan fingerprint density at radius 2 is 1.86 bits per heavy atom. The summed E-state index contributed by atoms with van der Waals surface area (Å²) < 4.78 is 10.3. The highest BCUT2D eigenvalue weighted by Crippen LogP contribution is 2.50. The van der Waals surface area contributed by atoms with Gasteiger partial charge in [-0.3, -0.25) is 19.8 Å². The quantitative estimate of drug-likeness (QED) is 0.293. The number of β-lactam (4-membered cyclic amide) rings is 1. The van der Waals surface area contributed by atoms with Crippen molar-refractivity contribution in [3.63, 3.8) is 0 Å². The molecule has 148 valence electrons. The Morgan fingerprint density at radius 3 is 2.43 bits per heavy atom. The number of hydrogen-bond acceptors (Lipinski definition) is 8. The van der Waals surface area contributed by atoms with Gasteiger partial charge in [-0.1, -0.05) is 18.7 Å². The van der Waals surface area contributed by atoms with E-state index in [-0.39, 0.29) is 46.7 Å². The molecular formula is C18H18N2O7S. The molecule has 2 atom stereocenters. The van der Waals surface area contributed by atoms with Crippen LogP contribution in [0.25, 0.3) is 0 Å². The minimum Gasteiger partial charge on any atom is -0.462 e. The number of hydrogen-bond donors (Lipinski definition) is 0. The largest absolute Gasteiger partial charge is 0.462 e. The zero-order chi connectivity index (χ0) is 20.4. The lowest BCUT2D eigenvalue weighted by molar-refractivity contribution is -0.384.